The number of rotatable bonds is 8. The number of methoxy groups -OCH3 is 1. The lowest BCUT2D eigenvalue weighted by Gasteiger charge is -2.21. The zero-order valence-electron chi connectivity index (χ0n) is 13.8. The maximum absolute atomic E-state index is 12.7. The summed E-state index contributed by atoms with van der Waals surface area (Å²) in [7, 11) is 1.56. The molecule has 1 aliphatic rings. The van der Waals surface area contributed by atoms with Gasteiger partial charge in [0.05, 0.1) is 23.3 Å². The molecule has 0 aliphatic heterocycles. The molecule has 1 saturated carbocycles. The van der Waals surface area contributed by atoms with Crippen LogP contribution in [0.4, 0.5) is 0 Å². The highest BCUT2D eigenvalue weighted by Gasteiger charge is 2.46. The van der Waals surface area contributed by atoms with Crippen LogP contribution in [0, 0.1) is 5.92 Å². The zero-order chi connectivity index (χ0) is 17.7. The molecule has 5 nitrogen and oxygen atoms in total. The summed E-state index contributed by atoms with van der Waals surface area (Å²) in [5.41, 5.74) is 0.991. The molecule has 2 unspecified atom stereocenters. The van der Waals surface area contributed by atoms with Gasteiger partial charge in [0.25, 0.3) is 0 Å². The van der Waals surface area contributed by atoms with Crippen molar-refractivity contribution in [3.05, 3.63) is 33.8 Å². The average Bonchev–Trinajstić information content (AvgIpc) is 3.34. The van der Waals surface area contributed by atoms with Gasteiger partial charge in [0, 0.05) is 19.6 Å². The topological polar surface area (TPSA) is 55.8 Å². The molecule has 0 radical (unpaired) electrons. The van der Waals surface area contributed by atoms with E-state index in [1.807, 2.05) is 6.07 Å². The molecule has 1 aliphatic carbocycles. The maximum atomic E-state index is 12.7. The van der Waals surface area contributed by atoms with Gasteiger partial charge in [-0.05, 0) is 37.0 Å². The van der Waals surface area contributed by atoms with Crippen LogP contribution in [0.1, 0.15) is 24.8 Å². The second-order valence-electron chi connectivity index (χ2n) is 5.68. The van der Waals surface area contributed by atoms with E-state index in [9.17, 15) is 9.59 Å². The molecule has 2 rings (SSSR count). The first kappa shape index (κ1) is 19.0. The lowest BCUT2D eigenvalue weighted by molar-refractivity contribution is -0.149. The second-order valence-corrected chi connectivity index (χ2v) is 6.49. The molecule has 24 heavy (non-hydrogen) atoms. The summed E-state index contributed by atoms with van der Waals surface area (Å²) in [5.74, 6) is -0.502. The summed E-state index contributed by atoms with van der Waals surface area (Å²) in [6.45, 7) is 2.70. The molecule has 132 valence electrons. The molecule has 0 saturated heterocycles. The number of esters is 1. The van der Waals surface area contributed by atoms with Crippen molar-refractivity contribution in [2.24, 2.45) is 5.92 Å². The highest BCUT2D eigenvalue weighted by atomic mass is 35.5. The van der Waals surface area contributed by atoms with Crippen LogP contribution in [0.5, 0.6) is 0 Å². The molecular weight excluding hydrogens is 353 g/mol. The monoisotopic (exact) mass is 373 g/mol. The molecule has 7 heteroatoms. The summed E-state index contributed by atoms with van der Waals surface area (Å²) in [4.78, 5) is 25.9. The highest BCUT2D eigenvalue weighted by molar-refractivity contribution is 6.42. The van der Waals surface area contributed by atoms with Crippen molar-refractivity contribution in [1.29, 1.82) is 0 Å². The third-order valence-corrected chi connectivity index (χ3v) is 4.72. The number of hydrogen-bond donors (Lipinski definition) is 0. The van der Waals surface area contributed by atoms with E-state index in [0.717, 1.165) is 12.0 Å². The number of hydrogen-bond acceptors (Lipinski definition) is 4. The van der Waals surface area contributed by atoms with Crippen LogP contribution in [0.25, 0.3) is 0 Å². The molecule has 1 fully saturated rings. The van der Waals surface area contributed by atoms with E-state index >= 15 is 0 Å². The highest BCUT2D eigenvalue weighted by Crippen LogP contribution is 2.49. The Balaban J connectivity index is 2.01. The van der Waals surface area contributed by atoms with Crippen LogP contribution < -0.4 is 0 Å². The van der Waals surface area contributed by atoms with E-state index in [1.54, 1.807) is 26.2 Å². The van der Waals surface area contributed by atoms with Gasteiger partial charge in [0.1, 0.15) is 6.54 Å². The van der Waals surface area contributed by atoms with Crippen LogP contribution in [0.15, 0.2) is 18.2 Å². The zero-order valence-corrected chi connectivity index (χ0v) is 15.3. The second kappa shape index (κ2) is 8.70. The third kappa shape index (κ3) is 4.85. The fourth-order valence-electron chi connectivity index (χ4n) is 2.64. The van der Waals surface area contributed by atoms with Crippen LogP contribution in [0.3, 0.4) is 0 Å². The lowest BCUT2D eigenvalue weighted by Crippen LogP contribution is -2.39. The Morgan fingerprint density at radius 3 is 2.67 bits per heavy atom. The van der Waals surface area contributed by atoms with E-state index in [-0.39, 0.29) is 24.3 Å². The van der Waals surface area contributed by atoms with Crippen molar-refractivity contribution in [3.63, 3.8) is 0 Å². The number of carbonyl (C=O) groups is 2. The fraction of sp³-hybridized carbons (Fsp3) is 0.529. The minimum atomic E-state index is -0.409. The van der Waals surface area contributed by atoms with E-state index in [2.05, 4.69) is 0 Å². The van der Waals surface area contributed by atoms with Gasteiger partial charge in [-0.15, -0.1) is 0 Å². The van der Waals surface area contributed by atoms with Gasteiger partial charge in [0.2, 0.25) is 5.91 Å². The summed E-state index contributed by atoms with van der Waals surface area (Å²) in [6, 6.07) is 5.42. The van der Waals surface area contributed by atoms with E-state index in [1.165, 1.54) is 4.90 Å². The van der Waals surface area contributed by atoms with Crippen molar-refractivity contribution in [3.8, 4) is 0 Å². The van der Waals surface area contributed by atoms with Gasteiger partial charge in [0.15, 0.2) is 0 Å². The predicted octanol–water partition coefficient (Wildman–Crippen LogP) is 3.14. The Morgan fingerprint density at radius 2 is 2.04 bits per heavy atom. The van der Waals surface area contributed by atoms with E-state index in [0.29, 0.717) is 29.8 Å². The maximum Gasteiger partial charge on any atom is 0.325 e. The van der Waals surface area contributed by atoms with Crippen LogP contribution in [0.2, 0.25) is 10.0 Å². The van der Waals surface area contributed by atoms with Crippen LogP contribution in [-0.2, 0) is 19.1 Å². The van der Waals surface area contributed by atoms with Crippen molar-refractivity contribution < 1.29 is 19.1 Å². The molecule has 1 amide bonds. The number of benzene rings is 1. The Hall–Kier alpha value is -1.30. The fourth-order valence-corrected chi connectivity index (χ4v) is 2.95. The Kier molecular flexibility index (Phi) is 6.90. The molecular formula is C17H21Cl2NO4. The molecule has 0 spiro atoms. The predicted molar refractivity (Wildman–Crippen MR) is 92.4 cm³/mol. The number of carbonyl (C=O) groups excluding carboxylic acids is 2. The first-order valence-electron chi connectivity index (χ1n) is 7.86. The Morgan fingerprint density at radius 1 is 1.29 bits per heavy atom. The summed E-state index contributed by atoms with van der Waals surface area (Å²) >= 11 is 12.0. The third-order valence-electron chi connectivity index (χ3n) is 3.98. The molecule has 1 aromatic rings. The first-order valence-corrected chi connectivity index (χ1v) is 8.61. The van der Waals surface area contributed by atoms with Gasteiger partial charge in [-0.3, -0.25) is 9.59 Å². The van der Waals surface area contributed by atoms with Gasteiger partial charge >= 0.3 is 5.97 Å². The summed E-state index contributed by atoms with van der Waals surface area (Å²) in [5, 5.41) is 0.975. The smallest absolute Gasteiger partial charge is 0.325 e. The standard InChI is InChI=1S/C17H21Cl2NO4/c1-3-24-16(21)10-20(6-7-23-2)17(22)13-9-12(13)11-4-5-14(18)15(19)8-11/h4-5,8,12-13H,3,6-7,9-10H2,1-2H3. The van der Waals surface area contributed by atoms with Crippen molar-refractivity contribution in [2.75, 3.05) is 33.4 Å². The normalized spacial score (nSPS) is 19.0. The summed E-state index contributed by atoms with van der Waals surface area (Å²) in [6.07, 6.45) is 0.739. The van der Waals surface area contributed by atoms with E-state index in [4.69, 9.17) is 32.7 Å². The van der Waals surface area contributed by atoms with E-state index < -0.39 is 5.97 Å². The Labute approximate surface area is 151 Å². The molecule has 0 bridgehead atoms. The molecule has 2 atom stereocenters. The number of nitrogens with zero attached hydrogens (tertiary/aromatic N) is 1. The summed E-state index contributed by atoms with van der Waals surface area (Å²) < 4.78 is 9.96. The quantitative estimate of drug-likeness (QED) is 0.656. The van der Waals surface area contributed by atoms with Gasteiger partial charge in [-0.25, -0.2) is 0 Å². The average molecular weight is 374 g/mol. The minimum Gasteiger partial charge on any atom is -0.465 e. The van der Waals surface area contributed by atoms with Crippen LogP contribution in [-0.4, -0.2) is 50.2 Å². The molecule has 0 aromatic heterocycles. The van der Waals surface area contributed by atoms with Crippen molar-refractivity contribution in [2.45, 2.75) is 19.3 Å². The lowest BCUT2D eigenvalue weighted by atomic mass is 10.1. The first-order chi connectivity index (χ1) is 11.5. The largest absolute Gasteiger partial charge is 0.465 e. The molecule has 0 heterocycles. The number of halogens is 2. The van der Waals surface area contributed by atoms with Crippen molar-refractivity contribution in [1.82, 2.24) is 4.90 Å². The van der Waals surface area contributed by atoms with Crippen LogP contribution >= 0.6 is 23.2 Å². The van der Waals surface area contributed by atoms with Gasteiger partial charge in [-0.1, -0.05) is 29.3 Å². The minimum absolute atomic E-state index is 0.0549. The van der Waals surface area contributed by atoms with Crippen molar-refractivity contribution >= 4 is 35.1 Å². The van der Waals surface area contributed by atoms with Gasteiger partial charge in [-0.2, -0.15) is 0 Å². The van der Waals surface area contributed by atoms with Gasteiger partial charge < -0.3 is 14.4 Å². The number of amides is 1. The Bertz CT molecular complexity index is 608. The number of ether oxygens (including phenoxy) is 2. The SMILES string of the molecule is CCOC(=O)CN(CCOC)C(=O)C1CC1c1ccc(Cl)c(Cl)c1. The molecule has 0 N–H and O–H groups in total. The molecule has 1 aromatic carbocycles.